The molecule has 4 rings (SSSR count). The molecule has 0 aromatic heterocycles. The van der Waals surface area contributed by atoms with Gasteiger partial charge in [0.25, 0.3) is 0 Å². The van der Waals surface area contributed by atoms with Gasteiger partial charge in [-0.2, -0.15) is 13.2 Å². The molecule has 2 nitrogen and oxygen atoms in total. The molecule has 0 fully saturated rings. The van der Waals surface area contributed by atoms with Gasteiger partial charge in [0, 0.05) is 30.1 Å². The van der Waals surface area contributed by atoms with Gasteiger partial charge in [-0.25, -0.2) is 4.39 Å². The van der Waals surface area contributed by atoms with Crippen molar-refractivity contribution in [3.05, 3.63) is 118 Å². The summed E-state index contributed by atoms with van der Waals surface area (Å²) in [6.45, 7) is 5.85. The van der Waals surface area contributed by atoms with E-state index < -0.39 is 11.7 Å². The van der Waals surface area contributed by atoms with Gasteiger partial charge in [-0.1, -0.05) is 60.9 Å². The minimum Gasteiger partial charge on any atom is -0.300 e. The van der Waals surface area contributed by atoms with E-state index in [0.717, 1.165) is 28.5 Å². The Labute approximate surface area is 232 Å². The molecular formula is C34H30F4N2. The largest absolute Gasteiger partial charge is 0.417 e. The molecular weight excluding hydrogens is 512 g/mol. The smallest absolute Gasteiger partial charge is 0.300 e. The van der Waals surface area contributed by atoms with Crippen LogP contribution in [0.15, 0.2) is 94.1 Å². The summed E-state index contributed by atoms with van der Waals surface area (Å²) in [5.74, 6) is 1.87. The molecule has 1 aliphatic heterocycles. The highest BCUT2D eigenvalue weighted by Crippen LogP contribution is 2.39. The van der Waals surface area contributed by atoms with Crippen LogP contribution in [-0.4, -0.2) is 19.0 Å². The molecule has 1 heterocycles. The third kappa shape index (κ3) is 6.31. The van der Waals surface area contributed by atoms with Crippen molar-refractivity contribution in [2.75, 3.05) is 7.05 Å². The number of aryl methyl sites for hydroxylation is 1. The van der Waals surface area contributed by atoms with Gasteiger partial charge in [0.05, 0.1) is 17.2 Å². The van der Waals surface area contributed by atoms with Crippen molar-refractivity contribution >= 4 is 11.9 Å². The van der Waals surface area contributed by atoms with Gasteiger partial charge < -0.3 is 0 Å². The molecule has 0 bridgehead atoms. The van der Waals surface area contributed by atoms with Crippen molar-refractivity contribution in [3.8, 4) is 23.5 Å². The maximum absolute atomic E-state index is 14.5. The quantitative estimate of drug-likeness (QED) is 0.169. The summed E-state index contributed by atoms with van der Waals surface area (Å²) in [7, 11) is 1.71. The van der Waals surface area contributed by atoms with Crippen LogP contribution in [0.3, 0.4) is 0 Å². The summed E-state index contributed by atoms with van der Waals surface area (Å²) in [4.78, 5) is 9.02. The van der Waals surface area contributed by atoms with E-state index >= 15 is 0 Å². The zero-order valence-electron chi connectivity index (χ0n) is 22.9. The van der Waals surface area contributed by atoms with Gasteiger partial charge in [-0.15, -0.1) is 6.42 Å². The number of hydrogen-bond donors (Lipinski definition) is 0. The van der Waals surface area contributed by atoms with Crippen molar-refractivity contribution in [1.29, 1.82) is 0 Å². The summed E-state index contributed by atoms with van der Waals surface area (Å²) >= 11 is 0. The molecule has 2 atom stereocenters. The topological polar surface area (TPSA) is 24.7 Å². The van der Waals surface area contributed by atoms with E-state index in [0.29, 0.717) is 23.3 Å². The number of nitrogens with zero attached hydrogens (tertiary/aromatic N) is 2. The molecule has 3 aromatic carbocycles. The molecule has 40 heavy (non-hydrogen) atoms. The maximum Gasteiger partial charge on any atom is 0.417 e. The molecule has 1 aliphatic rings. The van der Waals surface area contributed by atoms with Crippen LogP contribution in [0.5, 0.6) is 0 Å². The summed E-state index contributed by atoms with van der Waals surface area (Å²) in [6.07, 6.45) is 7.24. The first-order valence-electron chi connectivity index (χ1n) is 12.9. The first-order valence-corrected chi connectivity index (χ1v) is 12.9. The van der Waals surface area contributed by atoms with Crippen molar-refractivity contribution in [2.45, 2.75) is 33.4 Å². The third-order valence-electron chi connectivity index (χ3n) is 6.96. The Morgan fingerprint density at radius 2 is 1.75 bits per heavy atom. The molecule has 3 aromatic rings. The van der Waals surface area contributed by atoms with Crippen molar-refractivity contribution in [3.63, 3.8) is 0 Å². The van der Waals surface area contributed by atoms with Gasteiger partial charge in [0.1, 0.15) is 5.82 Å². The second-order valence-electron chi connectivity index (χ2n) is 10.1. The van der Waals surface area contributed by atoms with Gasteiger partial charge in [0.15, 0.2) is 0 Å². The highest BCUT2D eigenvalue weighted by atomic mass is 19.4. The van der Waals surface area contributed by atoms with Crippen molar-refractivity contribution < 1.29 is 17.6 Å². The molecule has 0 radical (unpaired) electrons. The SMILES string of the molecule is C#Cc1ccc(-c2ccc(CC(C)/C=C3/N=C(c4ccccc4F)C=C(C)C3C=NC)cc2C)c(C(F)(F)F)c1. The number of terminal acetylenes is 1. The van der Waals surface area contributed by atoms with Crippen molar-refractivity contribution in [1.82, 2.24) is 0 Å². The Bertz CT molecular complexity index is 1580. The lowest BCUT2D eigenvalue weighted by Crippen LogP contribution is -2.17. The van der Waals surface area contributed by atoms with Gasteiger partial charge in [-0.3, -0.25) is 9.98 Å². The number of allylic oxidation sites excluding steroid dienone is 3. The lowest BCUT2D eigenvalue weighted by molar-refractivity contribution is -0.137. The normalized spacial score (nSPS) is 17.5. The number of hydrogen-bond acceptors (Lipinski definition) is 2. The van der Waals surface area contributed by atoms with Crippen LogP contribution in [0.4, 0.5) is 17.6 Å². The molecule has 0 amide bonds. The van der Waals surface area contributed by atoms with E-state index in [9.17, 15) is 17.6 Å². The summed E-state index contributed by atoms with van der Waals surface area (Å²) in [6, 6.07) is 16.1. The zero-order chi connectivity index (χ0) is 29.0. The molecule has 2 unspecified atom stereocenters. The summed E-state index contributed by atoms with van der Waals surface area (Å²) in [5, 5.41) is 0. The van der Waals surface area contributed by atoms with Crippen LogP contribution in [0.25, 0.3) is 11.1 Å². The highest BCUT2D eigenvalue weighted by molar-refractivity contribution is 6.11. The second kappa shape index (κ2) is 11.9. The van der Waals surface area contributed by atoms with E-state index in [1.165, 1.54) is 18.2 Å². The Hall–Kier alpha value is -4.24. The molecule has 204 valence electrons. The van der Waals surface area contributed by atoms with Crippen LogP contribution >= 0.6 is 0 Å². The Kier molecular flexibility index (Phi) is 8.54. The molecule has 0 spiro atoms. The Morgan fingerprint density at radius 3 is 2.40 bits per heavy atom. The Balaban J connectivity index is 1.64. The van der Waals surface area contributed by atoms with Gasteiger partial charge in [0.2, 0.25) is 0 Å². The number of aliphatic imine (C=N–C) groups is 2. The Morgan fingerprint density at radius 1 is 1.02 bits per heavy atom. The van der Waals surface area contributed by atoms with E-state index in [1.807, 2.05) is 38.3 Å². The number of rotatable bonds is 6. The third-order valence-corrected chi connectivity index (χ3v) is 6.96. The summed E-state index contributed by atoms with van der Waals surface area (Å²) < 4.78 is 55.9. The number of alkyl halides is 3. The van der Waals surface area contributed by atoms with Gasteiger partial charge >= 0.3 is 6.18 Å². The standard InChI is InChI=1S/C34H30F4N2/c1-6-24-11-14-27(30(19-24)34(36,37)38)26-13-12-25(17-22(26)3)15-21(2)16-32-29(20-39-5)23(4)18-33(40-32)28-9-7-8-10-31(28)35/h1,7-14,16-21,29H,15H2,2-5H3/b32-16+,39-20?. The zero-order valence-corrected chi connectivity index (χ0v) is 22.9. The predicted molar refractivity (Wildman–Crippen MR) is 155 cm³/mol. The maximum atomic E-state index is 14.5. The van der Waals surface area contributed by atoms with Crippen LogP contribution in [-0.2, 0) is 12.6 Å². The van der Waals surface area contributed by atoms with Gasteiger partial charge in [-0.05, 0) is 78.8 Å². The fraction of sp³-hybridized carbons (Fsp3) is 0.235. The van der Waals surface area contributed by atoms with E-state index in [1.54, 1.807) is 31.3 Å². The molecule has 0 saturated carbocycles. The molecule has 0 aliphatic carbocycles. The van der Waals surface area contributed by atoms with Crippen LogP contribution < -0.4 is 0 Å². The highest BCUT2D eigenvalue weighted by Gasteiger charge is 2.34. The average molecular weight is 543 g/mol. The summed E-state index contributed by atoms with van der Waals surface area (Å²) in [5.41, 5.74) is 4.58. The predicted octanol–water partition coefficient (Wildman–Crippen LogP) is 8.63. The second-order valence-corrected chi connectivity index (χ2v) is 10.1. The lowest BCUT2D eigenvalue weighted by Gasteiger charge is -2.22. The molecule has 0 N–H and O–H groups in total. The lowest BCUT2D eigenvalue weighted by atomic mass is 9.88. The van der Waals surface area contributed by atoms with E-state index in [-0.39, 0.29) is 28.8 Å². The fourth-order valence-electron chi connectivity index (χ4n) is 5.05. The number of halogens is 4. The van der Waals surface area contributed by atoms with E-state index in [2.05, 4.69) is 23.9 Å². The van der Waals surface area contributed by atoms with E-state index in [4.69, 9.17) is 11.4 Å². The number of dihydropyridines is 1. The van der Waals surface area contributed by atoms with Crippen LogP contribution in [0, 0.1) is 36.9 Å². The molecule has 6 heteroatoms. The van der Waals surface area contributed by atoms with Crippen molar-refractivity contribution in [2.24, 2.45) is 21.8 Å². The monoisotopic (exact) mass is 542 g/mol. The molecule has 0 saturated heterocycles. The van der Waals surface area contributed by atoms with Crippen LogP contribution in [0.2, 0.25) is 0 Å². The fourth-order valence-corrected chi connectivity index (χ4v) is 5.05. The first kappa shape index (κ1) is 28.8. The first-order chi connectivity index (χ1) is 19.0. The number of benzene rings is 3. The van der Waals surface area contributed by atoms with Crippen LogP contribution in [0.1, 0.15) is 41.7 Å². The minimum atomic E-state index is -4.53. The average Bonchev–Trinajstić information content (AvgIpc) is 2.90. The minimum absolute atomic E-state index is 0.0465.